The lowest BCUT2D eigenvalue weighted by Crippen LogP contribution is -2.16. The average Bonchev–Trinajstić information content (AvgIpc) is 2.70. The number of halogens is 1. The Balaban J connectivity index is 2.30. The third-order valence-corrected chi connectivity index (χ3v) is 3.20. The van der Waals surface area contributed by atoms with Crippen LogP contribution in [-0.2, 0) is 11.3 Å². The van der Waals surface area contributed by atoms with Crippen LogP contribution in [0.4, 0.5) is 0 Å². The molecule has 0 fully saturated rings. The van der Waals surface area contributed by atoms with Crippen molar-refractivity contribution in [3.63, 3.8) is 0 Å². The Morgan fingerprint density at radius 3 is 3.05 bits per heavy atom. The van der Waals surface area contributed by atoms with Crippen molar-refractivity contribution in [3.8, 4) is 0 Å². The van der Waals surface area contributed by atoms with E-state index in [0.29, 0.717) is 40.3 Å². The van der Waals surface area contributed by atoms with Crippen LogP contribution in [-0.4, -0.2) is 28.3 Å². The van der Waals surface area contributed by atoms with Crippen molar-refractivity contribution in [2.45, 2.75) is 6.54 Å². The minimum absolute atomic E-state index is 0.346. The van der Waals surface area contributed by atoms with E-state index < -0.39 is 5.76 Å². The molecule has 0 aliphatic carbocycles. The molecule has 0 saturated heterocycles. The summed E-state index contributed by atoms with van der Waals surface area (Å²) >= 11 is 6.03. The summed E-state index contributed by atoms with van der Waals surface area (Å²) in [6, 6.07) is 3.44. The Morgan fingerprint density at radius 1 is 1.42 bits per heavy atom. The van der Waals surface area contributed by atoms with Gasteiger partial charge in [-0.25, -0.2) is 14.8 Å². The molecular weight excluding hydrogens is 270 g/mol. The molecule has 6 nitrogen and oxygen atoms in total. The average molecular weight is 280 g/mol. The Bertz CT molecular complexity index is 809. The molecule has 0 bridgehead atoms. The molecule has 0 atom stereocenters. The second-order valence-electron chi connectivity index (χ2n) is 4.01. The van der Waals surface area contributed by atoms with Crippen molar-refractivity contribution in [1.29, 1.82) is 0 Å². The first kappa shape index (κ1) is 12.1. The van der Waals surface area contributed by atoms with Gasteiger partial charge in [0.2, 0.25) is 0 Å². The molecule has 0 amide bonds. The molecule has 3 aromatic rings. The Kier molecular flexibility index (Phi) is 2.96. The van der Waals surface area contributed by atoms with E-state index in [1.807, 2.05) is 0 Å². The van der Waals surface area contributed by atoms with Crippen LogP contribution in [0.5, 0.6) is 0 Å². The van der Waals surface area contributed by atoms with Gasteiger partial charge in [-0.3, -0.25) is 4.57 Å². The molecule has 98 valence electrons. The van der Waals surface area contributed by atoms with E-state index >= 15 is 0 Å². The summed E-state index contributed by atoms with van der Waals surface area (Å²) in [5, 5.41) is 1.03. The highest BCUT2D eigenvalue weighted by Crippen LogP contribution is 2.24. The van der Waals surface area contributed by atoms with Gasteiger partial charge in [-0.15, -0.1) is 0 Å². The molecular formula is C12H10ClN3O3. The number of hydrogen-bond acceptors (Lipinski definition) is 5. The number of rotatable bonds is 3. The predicted octanol–water partition coefficient (Wildman–Crippen LogP) is 1.84. The maximum absolute atomic E-state index is 11.8. The van der Waals surface area contributed by atoms with E-state index in [9.17, 15) is 4.79 Å². The quantitative estimate of drug-likeness (QED) is 0.684. The van der Waals surface area contributed by atoms with E-state index in [1.54, 1.807) is 19.2 Å². The van der Waals surface area contributed by atoms with Gasteiger partial charge in [-0.2, -0.15) is 0 Å². The molecule has 0 N–H and O–H groups in total. The fourth-order valence-electron chi connectivity index (χ4n) is 1.98. The normalized spacial score (nSPS) is 11.5. The summed E-state index contributed by atoms with van der Waals surface area (Å²) in [4.78, 5) is 19.8. The summed E-state index contributed by atoms with van der Waals surface area (Å²) in [5.74, 6) is -0.425. The van der Waals surface area contributed by atoms with Crippen LogP contribution in [0.3, 0.4) is 0 Å². The first-order chi connectivity index (χ1) is 9.20. The van der Waals surface area contributed by atoms with E-state index in [4.69, 9.17) is 20.8 Å². The van der Waals surface area contributed by atoms with Gasteiger partial charge < -0.3 is 9.15 Å². The highest BCUT2D eigenvalue weighted by Gasteiger charge is 2.12. The highest BCUT2D eigenvalue weighted by atomic mass is 35.5. The monoisotopic (exact) mass is 279 g/mol. The van der Waals surface area contributed by atoms with Gasteiger partial charge in [0, 0.05) is 18.6 Å². The minimum Gasteiger partial charge on any atom is -0.408 e. The van der Waals surface area contributed by atoms with Crippen molar-refractivity contribution in [2.75, 3.05) is 13.7 Å². The molecule has 3 rings (SSSR count). The smallest absolute Gasteiger partial charge is 0.408 e. The summed E-state index contributed by atoms with van der Waals surface area (Å²) in [6.45, 7) is 0.838. The van der Waals surface area contributed by atoms with Gasteiger partial charge in [-0.05, 0) is 6.07 Å². The second-order valence-corrected chi connectivity index (χ2v) is 4.37. The third kappa shape index (κ3) is 1.98. The molecule has 2 heterocycles. The maximum atomic E-state index is 11.8. The zero-order valence-electron chi connectivity index (χ0n) is 10.1. The minimum atomic E-state index is -0.425. The van der Waals surface area contributed by atoms with Crippen molar-refractivity contribution in [1.82, 2.24) is 14.5 Å². The number of hydrogen-bond donors (Lipinski definition) is 0. The lowest BCUT2D eigenvalue weighted by molar-refractivity contribution is 0.186. The van der Waals surface area contributed by atoms with Crippen LogP contribution in [0.15, 0.2) is 27.7 Å². The number of methoxy groups -OCH3 is 1. The van der Waals surface area contributed by atoms with Crippen LogP contribution in [0.25, 0.3) is 22.0 Å². The predicted molar refractivity (Wildman–Crippen MR) is 70.5 cm³/mol. The van der Waals surface area contributed by atoms with Crippen LogP contribution < -0.4 is 5.76 Å². The lowest BCUT2D eigenvalue weighted by atomic mass is 10.2. The number of benzene rings is 1. The number of fused-ring (bicyclic) bond motifs is 2. The lowest BCUT2D eigenvalue weighted by Gasteiger charge is -2.02. The fraction of sp³-hybridized carbons (Fsp3) is 0.250. The SMILES string of the molecule is COCCn1c(=O)oc2cc3ncnc(Cl)c3cc21. The van der Waals surface area contributed by atoms with Gasteiger partial charge in [0.15, 0.2) is 5.58 Å². The van der Waals surface area contributed by atoms with Crippen molar-refractivity contribution >= 4 is 33.6 Å². The zero-order valence-corrected chi connectivity index (χ0v) is 10.8. The largest absolute Gasteiger partial charge is 0.420 e. The van der Waals surface area contributed by atoms with Crippen molar-refractivity contribution in [3.05, 3.63) is 34.2 Å². The summed E-state index contributed by atoms with van der Waals surface area (Å²) in [5.41, 5.74) is 1.77. The Labute approximate surface area is 112 Å². The molecule has 0 aliphatic heterocycles. The summed E-state index contributed by atoms with van der Waals surface area (Å²) in [6.07, 6.45) is 1.37. The third-order valence-electron chi connectivity index (χ3n) is 2.89. The Hall–Kier alpha value is -1.92. The van der Waals surface area contributed by atoms with E-state index in [0.717, 1.165) is 0 Å². The van der Waals surface area contributed by atoms with Crippen LogP contribution in [0.2, 0.25) is 5.15 Å². The fourth-order valence-corrected chi connectivity index (χ4v) is 2.17. The van der Waals surface area contributed by atoms with Gasteiger partial charge in [0.05, 0.1) is 24.2 Å². The molecule has 0 unspecified atom stereocenters. The zero-order chi connectivity index (χ0) is 13.4. The Morgan fingerprint density at radius 2 is 2.26 bits per heavy atom. The standard InChI is InChI=1S/C12H10ClN3O3/c1-18-3-2-16-9-4-7-8(14-6-15-11(7)13)5-10(9)19-12(16)17/h4-6H,2-3H2,1H3. The second kappa shape index (κ2) is 4.64. The van der Waals surface area contributed by atoms with Crippen molar-refractivity contribution in [2.24, 2.45) is 0 Å². The highest BCUT2D eigenvalue weighted by molar-refractivity contribution is 6.34. The van der Waals surface area contributed by atoms with Crippen LogP contribution in [0.1, 0.15) is 0 Å². The molecule has 0 radical (unpaired) electrons. The van der Waals surface area contributed by atoms with Gasteiger partial charge in [0.25, 0.3) is 0 Å². The number of ether oxygens (including phenoxy) is 1. The van der Waals surface area contributed by atoms with Gasteiger partial charge in [0.1, 0.15) is 11.5 Å². The molecule has 0 spiro atoms. The molecule has 0 aliphatic rings. The number of nitrogens with zero attached hydrogens (tertiary/aromatic N) is 3. The van der Waals surface area contributed by atoms with Gasteiger partial charge in [-0.1, -0.05) is 11.6 Å². The van der Waals surface area contributed by atoms with Gasteiger partial charge >= 0.3 is 5.76 Å². The van der Waals surface area contributed by atoms with E-state index in [-0.39, 0.29) is 0 Å². The summed E-state index contributed by atoms with van der Waals surface area (Å²) in [7, 11) is 1.58. The first-order valence-corrected chi connectivity index (χ1v) is 6.01. The summed E-state index contributed by atoms with van der Waals surface area (Å²) < 4.78 is 11.7. The molecule has 7 heteroatoms. The van der Waals surface area contributed by atoms with Crippen LogP contribution in [0, 0.1) is 0 Å². The van der Waals surface area contributed by atoms with Crippen LogP contribution >= 0.6 is 11.6 Å². The van der Waals surface area contributed by atoms with E-state index in [1.165, 1.54) is 10.9 Å². The molecule has 2 aromatic heterocycles. The number of aromatic nitrogens is 3. The number of oxazole rings is 1. The van der Waals surface area contributed by atoms with E-state index in [2.05, 4.69) is 9.97 Å². The van der Waals surface area contributed by atoms with Crippen molar-refractivity contribution < 1.29 is 9.15 Å². The topological polar surface area (TPSA) is 70.2 Å². The maximum Gasteiger partial charge on any atom is 0.420 e. The molecule has 1 aromatic carbocycles. The first-order valence-electron chi connectivity index (χ1n) is 5.63. The molecule has 0 saturated carbocycles. The molecule has 19 heavy (non-hydrogen) atoms.